The number of nitrogens with one attached hydrogen (secondary N) is 1. The lowest BCUT2D eigenvalue weighted by atomic mass is 10.1. The Bertz CT molecular complexity index is 849. The highest BCUT2D eigenvalue weighted by Gasteiger charge is 2.09. The van der Waals surface area contributed by atoms with Crippen LogP contribution in [0.4, 0.5) is 0 Å². The number of aromatic nitrogens is 2. The zero-order valence-electron chi connectivity index (χ0n) is 12.1. The first-order valence-electron chi connectivity index (χ1n) is 6.75. The number of nitrogens with zero attached hydrogens (tertiary/aromatic N) is 1. The van der Waals surface area contributed by atoms with E-state index in [0.29, 0.717) is 5.92 Å². The number of H-pyrrole nitrogens is 1. The summed E-state index contributed by atoms with van der Waals surface area (Å²) in [6, 6.07) is 7.85. The third kappa shape index (κ3) is 2.71. The molecule has 3 aromatic rings. The number of thiazole rings is 1. The van der Waals surface area contributed by atoms with Crippen molar-refractivity contribution in [3.8, 4) is 16.5 Å². The molecule has 0 fully saturated rings. The van der Waals surface area contributed by atoms with Gasteiger partial charge in [0.15, 0.2) is 0 Å². The summed E-state index contributed by atoms with van der Waals surface area (Å²) in [5.41, 5.74) is 3.04. The number of hydrogen-bond donors (Lipinski definition) is 1. The average Bonchev–Trinajstić information content (AvgIpc) is 2.96. The summed E-state index contributed by atoms with van der Waals surface area (Å²) in [5, 5.41) is 4.09. The van der Waals surface area contributed by atoms with Gasteiger partial charge < -0.3 is 9.72 Å². The number of benzene rings is 1. The minimum atomic E-state index is 0.429. The van der Waals surface area contributed by atoms with Crippen LogP contribution in [0.2, 0.25) is 0 Å². The van der Waals surface area contributed by atoms with Crippen LogP contribution in [0.5, 0.6) is 5.75 Å². The lowest BCUT2D eigenvalue weighted by molar-refractivity contribution is 0.415. The predicted octanol–water partition coefficient (Wildman–Crippen LogP) is 5.15. The molecule has 0 aliphatic rings. The van der Waals surface area contributed by atoms with E-state index in [1.807, 2.05) is 24.3 Å². The van der Waals surface area contributed by atoms with Crippen molar-refractivity contribution >= 4 is 34.5 Å². The predicted molar refractivity (Wildman–Crippen MR) is 90.9 cm³/mol. The molecule has 3 nitrogen and oxygen atoms in total. The number of rotatable bonds is 3. The van der Waals surface area contributed by atoms with Crippen LogP contribution < -0.4 is 4.74 Å². The van der Waals surface area contributed by atoms with Crippen LogP contribution in [0.3, 0.4) is 0 Å². The van der Waals surface area contributed by atoms with E-state index >= 15 is 0 Å². The highest BCUT2D eigenvalue weighted by Crippen LogP contribution is 2.29. The van der Waals surface area contributed by atoms with Crippen molar-refractivity contribution in [1.29, 1.82) is 0 Å². The van der Waals surface area contributed by atoms with Gasteiger partial charge in [0.1, 0.15) is 10.8 Å². The van der Waals surface area contributed by atoms with Crippen LogP contribution in [-0.4, -0.2) is 17.1 Å². The fraction of sp³-hybridized carbons (Fsp3) is 0.250. The van der Waals surface area contributed by atoms with Crippen molar-refractivity contribution in [2.24, 2.45) is 0 Å². The summed E-state index contributed by atoms with van der Waals surface area (Å²) in [5.74, 6) is 1.24. The minimum Gasteiger partial charge on any atom is -0.497 e. The van der Waals surface area contributed by atoms with E-state index in [1.54, 1.807) is 18.4 Å². The van der Waals surface area contributed by atoms with E-state index < -0.39 is 0 Å². The monoisotopic (exact) mass is 316 g/mol. The molecule has 108 valence electrons. The molecular weight excluding hydrogens is 300 g/mol. The van der Waals surface area contributed by atoms with E-state index in [1.165, 1.54) is 0 Å². The van der Waals surface area contributed by atoms with Gasteiger partial charge in [-0.15, -0.1) is 11.3 Å². The molecule has 0 radical (unpaired) electrons. The fourth-order valence-corrected chi connectivity index (χ4v) is 3.40. The maximum Gasteiger partial charge on any atom is 0.140 e. The number of aromatic amines is 1. The molecule has 0 atom stereocenters. The van der Waals surface area contributed by atoms with Gasteiger partial charge in [-0.1, -0.05) is 26.1 Å². The number of pyridine rings is 1. The van der Waals surface area contributed by atoms with Crippen LogP contribution in [0, 0.1) is 4.51 Å². The summed E-state index contributed by atoms with van der Waals surface area (Å²) < 4.78 is 6.10. The summed E-state index contributed by atoms with van der Waals surface area (Å²) in [6.07, 6.45) is 0. The van der Waals surface area contributed by atoms with Gasteiger partial charge in [0, 0.05) is 21.3 Å². The first-order chi connectivity index (χ1) is 10.1. The van der Waals surface area contributed by atoms with Gasteiger partial charge in [0.05, 0.1) is 24.0 Å². The molecule has 0 aliphatic carbocycles. The number of fused-ring (bicyclic) bond motifs is 1. The topological polar surface area (TPSA) is 37.9 Å². The van der Waals surface area contributed by atoms with Crippen LogP contribution in [0.1, 0.15) is 25.5 Å². The Morgan fingerprint density at radius 1 is 1.29 bits per heavy atom. The van der Waals surface area contributed by atoms with Crippen molar-refractivity contribution in [3.63, 3.8) is 0 Å². The van der Waals surface area contributed by atoms with Gasteiger partial charge in [-0.2, -0.15) is 0 Å². The zero-order chi connectivity index (χ0) is 15.0. The third-order valence-electron chi connectivity index (χ3n) is 3.38. The van der Waals surface area contributed by atoms with Crippen molar-refractivity contribution < 1.29 is 4.74 Å². The molecule has 0 bridgehead atoms. The van der Waals surface area contributed by atoms with Crippen molar-refractivity contribution in [1.82, 2.24) is 9.97 Å². The van der Waals surface area contributed by atoms with Gasteiger partial charge in [0.2, 0.25) is 0 Å². The molecule has 0 amide bonds. The second-order valence-electron chi connectivity index (χ2n) is 5.19. The Balaban J connectivity index is 2.16. The Morgan fingerprint density at radius 3 is 2.76 bits per heavy atom. The largest absolute Gasteiger partial charge is 0.497 e. The molecule has 0 aliphatic heterocycles. The van der Waals surface area contributed by atoms with E-state index in [2.05, 4.69) is 29.2 Å². The third-order valence-corrected chi connectivity index (χ3v) is 4.61. The van der Waals surface area contributed by atoms with Gasteiger partial charge in [-0.25, -0.2) is 4.98 Å². The lowest BCUT2D eigenvalue weighted by Crippen LogP contribution is -1.90. The smallest absolute Gasteiger partial charge is 0.140 e. The second-order valence-corrected chi connectivity index (χ2v) is 6.49. The highest BCUT2D eigenvalue weighted by molar-refractivity contribution is 7.71. The molecule has 3 rings (SSSR count). The SMILES string of the molecule is COc1ccc2c(=S)cc(-c3nc(C(C)C)cs3)[nH]c2c1. The molecule has 21 heavy (non-hydrogen) atoms. The standard InChI is InChI=1S/C16H16N2OS2/c1-9(2)14-8-21-16(18-14)13-7-15(20)11-5-4-10(19-3)6-12(11)17-13/h4-9H,1-3H3,(H,17,20). The van der Waals surface area contributed by atoms with Crippen molar-refractivity contribution in [2.75, 3.05) is 7.11 Å². The van der Waals surface area contributed by atoms with Crippen LogP contribution >= 0.6 is 23.6 Å². The molecule has 0 saturated heterocycles. The Morgan fingerprint density at radius 2 is 2.10 bits per heavy atom. The molecule has 1 aromatic carbocycles. The highest BCUT2D eigenvalue weighted by atomic mass is 32.1. The molecule has 0 unspecified atom stereocenters. The van der Waals surface area contributed by atoms with Gasteiger partial charge in [-0.3, -0.25) is 0 Å². The van der Waals surface area contributed by atoms with Crippen LogP contribution in [0.15, 0.2) is 29.6 Å². The molecular formula is C16H16N2OS2. The average molecular weight is 316 g/mol. The molecule has 0 spiro atoms. The van der Waals surface area contributed by atoms with Gasteiger partial charge in [0.25, 0.3) is 0 Å². The minimum absolute atomic E-state index is 0.429. The molecule has 2 heterocycles. The first kappa shape index (κ1) is 14.2. The molecule has 5 heteroatoms. The second kappa shape index (κ2) is 5.58. The number of ether oxygens (including phenoxy) is 1. The van der Waals surface area contributed by atoms with Gasteiger partial charge >= 0.3 is 0 Å². The maximum atomic E-state index is 5.50. The lowest BCUT2D eigenvalue weighted by Gasteiger charge is -2.05. The van der Waals surface area contributed by atoms with Crippen LogP contribution in [-0.2, 0) is 0 Å². The van der Waals surface area contributed by atoms with Crippen molar-refractivity contribution in [3.05, 3.63) is 39.8 Å². The fourth-order valence-electron chi connectivity index (χ4n) is 2.15. The normalized spacial score (nSPS) is 11.2. The summed E-state index contributed by atoms with van der Waals surface area (Å²) in [6.45, 7) is 4.29. The van der Waals surface area contributed by atoms with Gasteiger partial charge in [-0.05, 0) is 24.1 Å². The first-order valence-corrected chi connectivity index (χ1v) is 8.04. The van der Waals surface area contributed by atoms with Crippen molar-refractivity contribution in [2.45, 2.75) is 19.8 Å². The quantitative estimate of drug-likeness (QED) is 0.679. The van der Waals surface area contributed by atoms with E-state index in [-0.39, 0.29) is 0 Å². The number of hydrogen-bond acceptors (Lipinski definition) is 4. The zero-order valence-corrected chi connectivity index (χ0v) is 13.8. The summed E-state index contributed by atoms with van der Waals surface area (Å²) in [4.78, 5) is 8.09. The molecule has 1 N–H and O–H groups in total. The molecule has 0 saturated carbocycles. The Hall–Kier alpha value is -1.72. The summed E-state index contributed by atoms with van der Waals surface area (Å²) in [7, 11) is 1.66. The molecule has 2 aromatic heterocycles. The summed E-state index contributed by atoms with van der Waals surface area (Å²) >= 11 is 7.13. The van der Waals surface area contributed by atoms with E-state index in [0.717, 1.165) is 37.6 Å². The number of methoxy groups -OCH3 is 1. The Kier molecular flexibility index (Phi) is 3.78. The maximum absolute atomic E-state index is 5.50. The Labute approximate surface area is 132 Å². The van der Waals surface area contributed by atoms with E-state index in [9.17, 15) is 0 Å². The van der Waals surface area contributed by atoms with E-state index in [4.69, 9.17) is 17.0 Å². The van der Waals surface area contributed by atoms with Crippen LogP contribution in [0.25, 0.3) is 21.6 Å².